The van der Waals surface area contributed by atoms with E-state index in [-0.39, 0.29) is 10.3 Å². The van der Waals surface area contributed by atoms with Crippen molar-refractivity contribution >= 4 is 32.0 Å². The maximum atomic E-state index is 12.8. The number of fused-ring (bicyclic) bond motifs is 1. The Balaban J connectivity index is 1.60. The van der Waals surface area contributed by atoms with Crippen LogP contribution < -0.4 is 4.72 Å². The number of thiazole rings is 1. The van der Waals surface area contributed by atoms with Gasteiger partial charge in [-0.1, -0.05) is 45.0 Å². The van der Waals surface area contributed by atoms with Gasteiger partial charge < -0.3 is 0 Å². The summed E-state index contributed by atoms with van der Waals surface area (Å²) in [6.45, 7) is 6.29. The molecule has 0 fully saturated rings. The first kappa shape index (κ1) is 18.7. The molecule has 0 aliphatic carbocycles. The highest BCUT2D eigenvalue weighted by Crippen LogP contribution is 2.27. The van der Waals surface area contributed by atoms with Gasteiger partial charge in [-0.05, 0) is 35.2 Å². The van der Waals surface area contributed by atoms with E-state index in [9.17, 15) is 8.42 Å². The van der Waals surface area contributed by atoms with Gasteiger partial charge in [0, 0.05) is 29.0 Å². The first-order valence-corrected chi connectivity index (χ1v) is 11.2. The molecule has 0 bridgehead atoms. The van der Waals surface area contributed by atoms with Gasteiger partial charge in [0.2, 0.25) is 0 Å². The third-order valence-electron chi connectivity index (χ3n) is 4.53. The number of rotatable bonds is 4. The van der Waals surface area contributed by atoms with Gasteiger partial charge in [-0.15, -0.1) is 11.3 Å². The number of hydrogen-bond acceptors (Lipinski definition) is 4. The lowest BCUT2D eigenvalue weighted by atomic mass is 9.87. The van der Waals surface area contributed by atoms with Crippen LogP contribution in [0, 0.1) is 0 Å². The molecule has 0 saturated carbocycles. The number of sulfonamides is 1. The number of nitrogens with zero attached hydrogens (tertiary/aromatic N) is 2. The zero-order chi connectivity index (χ0) is 19.9. The SMILES string of the molecule is CC(C)(C)c1ccc(S(=O)(=O)Nc2cccc(-c3cn4ccsc4n3)c2)cc1. The molecule has 0 aliphatic rings. The summed E-state index contributed by atoms with van der Waals surface area (Å²) in [5.74, 6) is 0. The molecule has 5 nitrogen and oxygen atoms in total. The fourth-order valence-corrected chi connectivity index (χ4v) is 4.71. The molecule has 4 rings (SSSR count). The van der Waals surface area contributed by atoms with Crippen LogP contribution in [0.4, 0.5) is 5.69 Å². The average molecular weight is 412 g/mol. The molecule has 2 heterocycles. The molecule has 144 valence electrons. The standard InChI is InChI=1S/C21H21N3O2S2/c1-21(2,3)16-7-9-18(10-8-16)28(25,26)23-17-6-4-5-15(13-17)19-14-24-11-12-27-20(24)22-19/h4-14,23H,1-3H3. The first-order chi connectivity index (χ1) is 13.2. The van der Waals surface area contributed by atoms with Crippen LogP contribution in [-0.2, 0) is 15.4 Å². The second-order valence-corrected chi connectivity index (χ2v) is 10.2. The van der Waals surface area contributed by atoms with Crippen LogP contribution in [0.1, 0.15) is 26.3 Å². The summed E-state index contributed by atoms with van der Waals surface area (Å²) in [5, 5.41) is 1.97. The lowest BCUT2D eigenvalue weighted by Gasteiger charge is -2.19. The Hall–Kier alpha value is -2.64. The Labute approximate surface area is 168 Å². The monoisotopic (exact) mass is 411 g/mol. The summed E-state index contributed by atoms with van der Waals surface area (Å²) < 4.78 is 30.2. The highest BCUT2D eigenvalue weighted by Gasteiger charge is 2.18. The van der Waals surface area contributed by atoms with Crippen molar-refractivity contribution in [3.8, 4) is 11.3 Å². The van der Waals surface area contributed by atoms with Gasteiger partial charge in [0.05, 0.1) is 10.6 Å². The molecule has 1 N–H and O–H groups in total. The Kier molecular flexibility index (Phi) is 4.51. The largest absolute Gasteiger partial charge is 0.297 e. The van der Waals surface area contributed by atoms with Crippen molar-refractivity contribution in [2.45, 2.75) is 31.1 Å². The van der Waals surface area contributed by atoms with Gasteiger partial charge in [0.25, 0.3) is 10.0 Å². The van der Waals surface area contributed by atoms with Crippen molar-refractivity contribution in [1.29, 1.82) is 0 Å². The fraction of sp³-hybridized carbons (Fsp3) is 0.190. The van der Waals surface area contributed by atoms with E-state index in [0.717, 1.165) is 21.8 Å². The minimum Gasteiger partial charge on any atom is -0.297 e. The number of nitrogens with one attached hydrogen (secondary N) is 1. The van der Waals surface area contributed by atoms with Crippen molar-refractivity contribution in [1.82, 2.24) is 9.38 Å². The molecule has 2 aromatic heterocycles. The molecule has 0 saturated heterocycles. The van der Waals surface area contributed by atoms with Gasteiger partial charge in [-0.25, -0.2) is 13.4 Å². The van der Waals surface area contributed by atoms with E-state index in [1.807, 2.05) is 46.4 Å². The van der Waals surface area contributed by atoms with E-state index in [2.05, 4.69) is 30.5 Å². The molecular weight excluding hydrogens is 390 g/mol. The normalized spacial score (nSPS) is 12.4. The molecule has 4 aromatic rings. The molecule has 28 heavy (non-hydrogen) atoms. The average Bonchev–Trinajstić information content (AvgIpc) is 3.23. The Morgan fingerprint density at radius 1 is 1.07 bits per heavy atom. The van der Waals surface area contributed by atoms with Gasteiger partial charge in [0.15, 0.2) is 4.96 Å². The van der Waals surface area contributed by atoms with Gasteiger partial charge >= 0.3 is 0 Å². The second kappa shape index (κ2) is 6.76. The number of anilines is 1. The highest BCUT2D eigenvalue weighted by atomic mass is 32.2. The topological polar surface area (TPSA) is 63.5 Å². The minimum atomic E-state index is -3.66. The molecule has 0 atom stereocenters. The van der Waals surface area contributed by atoms with Crippen LogP contribution in [0.25, 0.3) is 16.2 Å². The fourth-order valence-electron chi connectivity index (χ4n) is 2.96. The van der Waals surface area contributed by atoms with Crippen molar-refractivity contribution in [3.63, 3.8) is 0 Å². The van der Waals surface area contributed by atoms with Crippen LogP contribution in [0.5, 0.6) is 0 Å². The summed E-state index contributed by atoms with van der Waals surface area (Å²) in [6, 6.07) is 14.3. The summed E-state index contributed by atoms with van der Waals surface area (Å²) >= 11 is 1.56. The molecule has 0 aliphatic heterocycles. The predicted octanol–water partition coefficient (Wildman–Crippen LogP) is 5.16. The van der Waals surface area contributed by atoms with E-state index < -0.39 is 10.0 Å². The van der Waals surface area contributed by atoms with E-state index >= 15 is 0 Å². The third kappa shape index (κ3) is 3.68. The zero-order valence-corrected chi connectivity index (χ0v) is 17.5. The quantitative estimate of drug-likeness (QED) is 0.504. The van der Waals surface area contributed by atoms with Gasteiger partial charge in [0.1, 0.15) is 0 Å². The Bertz CT molecular complexity index is 1200. The second-order valence-electron chi connectivity index (χ2n) is 7.68. The van der Waals surface area contributed by atoms with Crippen LogP contribution >= 0.6 is 11.3 Å². The molecule has 7 heteroatoms. The summed E-state index contributed by atoms with van der Waals surface area (Å²) in [5.41, 5.74) is 3.24. The molecule has 0 spiro atoms. The maximum absolute atomic E-state index is 12.8. The van der Waals surface area contributed by atoms with Gasteiger partial charge in [-0.2, -0.15) is 0 Å². The van der Waals surface area contributed by atoms with E-state index in [0.29, 0.717) is 5.69 Å². The first-order valence-electron chi connectivity index (χ1n) is 8.88. The van der Waals surface area contributed by atoms with Gasteiger partial charge in [-0.3, -0.25) is 9.12 Å². The molecule has 2 aromatic carbocycles. The van der Waals surface area contributed by atoms with Crippen molar-refractivity contribution in [2.24, 2.45) is 0 Å². The van der Waals surface area contributed by atoms with E-state index in [4.69, 9.17) is 0 Å². The number of hydrogen-bond donors (Lipinski definition) is 1. The minimum absolute atomic E-state index is 0.0254. The Morgan fingerprint density at radius 3 is 2.50 bits per heavy atom. The third-order valence-corrected chi connectivity index (χ3v) is 6.70. The summed E-state index contributed by atoms with van der Waals surface area (Å²) in [7, 11) is -3.66. The summed E-state index contributed by atoms with van der Waals surface area (Å²) in [6.07, 6.45) is 3.88. The number of aromatic nitrogens is 2. The lowest BCUT2D eigenvalue weighted by Crippen LogP contribution is -2.14. The van der Waals surface area contributed by atoms with Crippen molar-refractivity contribution in [2.75, 3.05) is 4.72 Å². The summed E-state index contributed by atoms with van der Waals surface area (Å²) in [4.78, 5) is 5.72. The van der Waals surface area contributed by atoms with E-state index in [1.54, 1.807) is 35.6 Å². The molecule has 0 amide bonds. The van der Waals surface area contributed by atoms with Crippen LogP contribution in [-0.4, -0.2) is 17.8 Å². The number of imidazole rings is 1. The predicted molar refractivity (Wildman–Crippen MR) is 114 cm³/mol. The molecular formula is C21H21N3O2S2. The van der Waals surface area contributed by atoms with E-state index in [1.165, 1.54) is 0 Å². The van der Waals surface area contributed by atoms with Crippen LogP contribution in [0.3, 0.4) is 0 Å². The maximum Gasteiger partial charge on any atom is 0.261 e. The lowest BCUT2D eigenvalue weighted by molar-refractivity contribution is 0.587. The smallest absolute Gasteiger partial charge is 0.261 e. The van der Waals surface area contributed by atoms with Crippen LogP contribution in [0.2, 0.25) is 0 Å². The Morgan fingerprint density at radius 2 is 1.82 bits per heavy atom. The zero-order valence-electron chi connectivity index (χ0n) is 15.9. The molecule has 0 unspecified atom stereocenters. The molecule has 0 radical (unpaired) electrons. The van der Waals surface area contributed by atoms with Crippen molar-refractivity contribution < 1.29 is 8.42 Å². The van der Waals surface area contributed by atoms with Crippen LogP contribution in [0.15, 0.2) is 71.2 Å². The number of benzene rings is 2. The highest BCUT2D eigenvalue weighted by molar-refractivity contribution is 7.92. The van der Waals surface area contributed by atoms with Crippen molar-refractivity contribution in [3.05, 3.63) is 71.9 Å².